The molecule has 6 heteroatoms. The Hall–Kier alpha value is -3.12. The Morgan fingerprint density at radius 3 is 2.34 bits per heavy atom. The van der Waals surface area contributed by atoms with Gasteiger partial charge in [-0.05, 0) is 47.8 Å². The van der Waals surface area contributed by atoms with E-state index >= 15 is 0 Å². The summed E-state index contributed by atoms with van der Waals surface area (Å²) in [6, 6.07) is 16.7. The van der Waals surface area contributed by atoms with E-state index in [9.17, 15) is 0 Å². The van der Waals surface area contributed by atoms with Gasteiger partial charge in [0.1, 0.15) is 5.82 Å². The number of pyridine rings is 1. The van der Waals surface area contributed by atoms with Crippen molar-refractivity contribution in [3.8, 4) is 0 Å². The maximum Gasteiger partial charge on any atom is 0.128 e. The summed E-state index contributed by atoms with van der Waals surface area (Å²) < 4.78 is 5.61. The molecule has 0 N–H and O–H groups in total. The van der Waals surface area contributed by atoms with Crippen molar-refractivity contribution in [3.05, 3.63) is 77.1 Å². The Labute approximate surface area is 190 Å². The number of ether oxygens (including phenoxy) is 1. The van der Waals surface area contributed by atoms with Gasteiger partial charge in [-0.2, -0.15) is 5.10 Å². The van der Waals surface area contributed by atoms with Gasteiger partial charge in [-0.25, -0.2) is 4.98 Å². The Kier molecular flexibility index (Phi) is 6.49. The lowest BCUT2D eigenvalue weighted by atomic mass is 10.1. The molecule has 0 amide bonds. The van der Waals surface area contributed by atoms with Gasteiger partial charge in [-0.15, -0.1) is 0 Å². The van der Waals surface area contributed by atoms with Crippen LogP contribution < -0.4 is 4.90 Å². The van der Waals surface area contributed by atoms with Gasteiger partial charge in [-0.1, -0.05) is 36.4 Å². The van der Waals surface area contributed by atoms with E-state index in [0.717, 1.165) is 71.1 Å². The minimum Gasteiger partial charge on any atom is -0.378 e. The number of benzene rings is 1. The molecule has 166 valence electrons. The first kappa shape index (κ1) is 20.8. The summed E-state index contributed by atoms with van der Waals surface area (Å²) in [5.41, 5.74) is 5.39. The molecular formula is C26H31N5O. The second kappa shape index (κ2) is 10.0. The molecule has 0 atom stereocenters. The van der Waals surface area contributed by atoms with Crippen molar-refractivity contribution in [2.24, 2.45) is 5.10 Å². The summed E-state index contributed by atoms with van der Waals surface area (Å²) in [4.78, 5) is 9.31. The van der Waals surface area contributed by atoms with Crippen molar-refractivity contribution in [2.75, 3.05) is 57.4 Å². The monoisotopic (exact) mass is 429 g/mol. The van der Waals surface area contributed by atoms with Crippen LogP contribution in [-0.4, -0.2) is 73.6 Å². The van der Waals surface area contributed by atoms with Crippen LogP contribution in [0, 0.1) is 0 Å². The zero-order valence-electron chi connectivity index (χ0n) is 18.6. The average Bonchev–Trinajstić information content (AvgIpc) is 3.27. The number of aromatic nitrogens is 1. The normalized spacial score (nSPS) is 21.2. The highest BCUT2D eigenvalue weighted by Crippen LogP contribution is 2.35. The fraction of sp³-hybridized carbons (Fsp3) is 0.385. The predicted molar refractivity (Wildman–Crippen MR) is 130 cm³/mol. The summed E-state index contributed by atoms with van der Waals surface area (Å²) in [7, 11) is 0. The molecule has 6 nitrogen and oxygen atoms in total. The van der Waals surface area contributed by atoms with E-state index in [2.05, 4.69) is 68.5 Å². The number of nitrogens with zero attached hydrogens (tertiary/aromatic N) is 5. The molecule has 1 aromatic carbocycles. The van der Waals surface area contributed by atoms with Crippen molar-refractivity contribution in [3.63, 3.8) is 0 Å². The molecular weight excluding hydrogens is 398 g/mol. The number of rotatable bonds is 5. The number of hydrogen-bond donors (Lipinski definition) is 0. The van der Waals surface area contributed by atoms with Gasteiger partial charge in [0.15, 0.2) is 0 Å². The number of piperazine rings is 1. The van der Waals surface area contributed by atoms with E-state index in [0.29, 0.717) is 0 Å². The lowest BCUT2D eigenvalue weighted by Crippen LogP contribution is -2.44. The minimum absolute atomic E-state index is 0.794. The highest BCUT2D eigenvalue weighted by atomic mass is 16.5. The van der Waals surface area contributed by atoms with Gasteiger partial charge in [0.05, 0.1) is 32.5 Å². The van der Waals surface area contributed by atoms with Gasteiger partial charge in [0.2, 0.25) is 0 Å². The molecule has 2 fully saturated rings. The minimum atomic E-state index is 0.794. The number of anilines is 1. The fourth-order valence-electron chi connectivity index (χ4n) is 4.65. The molecule has 0 saturated carbocycles. The van der Waals surface area contributed by atoms with Crippen molar-refractivity contribution in [1.29, 1.82) is 0 Å². The number of hydrogen-bond acceptors (Lipinski definition) is 6. The van der Waals surface area contributed by atoms with Gasteiger partial charge in [0, 0.05) is 38.1 Å². The predicted octanol–water partition coefficient (Wildman–Crippen LogP) is 3.65. The molecule has 2 aliphatic heterocycles. The van der Waals surface area contributed by atoms with E-state index in [1.54, 1.807) is 0 Å². The molecule has 1 aliphatic carbocycles. The Morgan fingerprint density at radius 2 is 1.59 bits per heavy atom. The van der Waals surface area contributed by atoms with Crippen LogP contribution >= 0.6 is 0 Å². The fourth-order valence-corrected chi connectivity index (χ4v) is 4.65. The quantitative estimate of drug-likeness (QED) is 0.679. The summed E-state index contributed by atoms with van der Waals surface area (Å²) in [6.07, 6.45) is 8.43. The van der Waals surface area contributed by atoms with E-state index in [4.69, 9.17) is 9.84 Å². The standard InChI is InChI=1S/C26H31N5O/c1-2-6-22(7-3-1)20-23-9-10-24(26(23)30-16-18-32-19-17-30)21-28-31-14-12-29(13-15-31)25-8-4-5-11-27-25/h1-8,11,20-21H,9-10,12-19H2/b23-20+,28-21-. The van der Waals surface area contributed by atoms with Crippen molar-refractivity contribution >= 4 is 18.1 Å². The van der Waals surface area contributed by atoms with Crippen molar-refractivity contribution in [1.82, 2.24) is 14.9 Å². The SMILES string of the molecule is C(=N/N1CCN(c2ccccn2)CC1)/C1=C(N2CCOCC2)C(=C/c2ccccc2)/CC1. The largest absolute Gasteiger partial charge is 0.378 e. The zero-order valence-corrected chi connectivity index (χ0v) is 18.6. The smallest absolute Gasteiger partial charge is 0.128 e. The van der Waals surface area contributed by atoms with E-state index in [1.165, 1.54) is 22.4 Å². The molecule has 5 rings (SSSR count). The first-order valence-corrected chi connectivity index (χ1v) is 11.6. The molecule has 0 spiro atoms. The van der Waals surface area contributed by atoms with Gasteiger partial charge >= 0.3 is 0 Å². The van der Waals surface area contributed by atoms with Crippen LogP contribution in [0.4, 0.5) is 5.82 Å². The molecule has 32 heavy (non-hydrogen) atoms. The molecule has 2 saturated heterocycles. The van der Waals surface area contributed by atoms with Crippen LogP contribution in [0.25, 0.3) is 6.08 Å². The van der Waals surface area contributed by atoms with E-state index in [1.807, 2.05) is 18.3 Å². The molecule has 3 aliphatic rings. The summed E-state index contributed by atoms with van der Waals surface area (Å²) in [5.74, 6) is 1.06. The summed E-state index contributed by atoms with van der Waals surface area (Å²) >= 11 is 0. The molecule has 3 heterocycles. The van der Waals surface area contributed by atoms with Gasteiger partial charge < -0.3 is 14.5 Å². The first-order valence-electron chi connectivity index (χ1n) is 11.6. The van der Waals surface area contributed by atoms with Crippen LogP contribution in [-0.2, 0) is 4.74 Å². The number of morpholine rings is 1. The molecule has 0 unspecified atom stereocenters. The lowest BCUT2D eigenvalue weighted by Gasteiger charge is -2.34. The Balaban J connectivity index is 1.31. The average molecular weight is 430 g/mol. The van der Waals surface area contributed by atoms with Crippen molar-refractivity contribution in [2.45, 2.75) is 12.8 Å². The highest BCUT2D eigenvalue weighted by Gasteiger charge is 2.26. The second-order valence-electron chi connectivity index (χ2n) is 8.43. The molecule has 0 bridgehead atoms. The van der Waals surface area contributed by atoms with Gasteiger partial charge in [0.25, 0.3) is 0 Å². The third-order valence-corrected chi connectivity index (χ3v) is 6.35. The van der Waals surface area contributed by atoms with Crippen LogP contribution in [0.5, 0.6) is 0 Å². The van der Waals surface area contributed by atoms with Crippen LogP contribution in [0.3, 0.4) is 0 Å². The zero-order chi connectivity index (χ0) is 21.6. The first-order chi connectivity index (χ1) is 15.9. The third kappa shape index (κ3) is 4.86. The van der Waals surface area contributed by atoms with Crippen molar-refractivity contribution < 1.29 is 4.74 Å². The number of hydrazone groups is 1. The van der Waals surface area contributed by atoms with Crippen LogP contribution in [0.1, 0.15) is 18.4 Å². The van der Waals surface area contributed by atoms with Crippen LogP contribution in [0.2, 0.25) is 0 Å². The highest BCUT2D eigenvalue weighted by molar-refractivity contribution is 5.83. The second-order valence-corrected chi connectivity index (χ2v) is 8.43. The third-order valence-electron chi connectivity index (χ3n) is 6.35. The van der Waals surface area contributed by atoms with Gasteiger partial charge in [-0.3, -0.25) is 5.01 Å². The maximum atomic E-state index is 5.61. The molecule has 2 aromatic rings. The topological polar surface area (TPSA) is 44.2 Å². The lowest BCUT2D eigenvalue weighted by molar-refractivity contribution is 0.0548. The number of allylic oxidation sites excluding steroid dienone is 2. The molecule has 1 aromatic heterocycles. The summed E-state index contributed by atoms with van der Waals surface area (Å²) in [6.45, 7) is 7.21. The van der Waals surface area contributed by atoms with E-state index in [-0.39, 0.29) is 0 Å². The Morgan fingerprint density at radius 1 is 0.812 bits per heavy atom. The van der Waals surface area contributed by atoms with Crippen LogP contribution in [0.15, 0.2) is 76.7 Å². The molecule has 0 radical (unpaired) electrons. The maximum absolute atomic E-state index is 5.61. The summed E-state index contributed by atoms with van der Waals surface area (Å²) in [5, 5.41) is 7.09. The van der Waals surface area contributed by atoms with E-state index < -0.39 is 0 Å². The Bertz CT molecular complexity index is 972.